The summed E-state index contributed by atoms with van der Waals surface area (Å²) in [5, 5.41) is 16.8. The maximum atomic E-state index is 12.8. The number of aryl methyl sites for hydroxylation is 2. The summed E-state index contributed by atoms with van der Waals surface area (Å²) in [5.74, 6) is 2.13. The molecule has 2 aromatic heterocycles. The number of amides is 1. The van der Waals surface area contributed by atoms with E-state index in [1.807, 2.05) is 79.9 Å². The van der Waals surface area contributed by atoms with E-state index in [9.17, 15) is 4.79 Å². The normalized spacial score (nSPS) is 10.9. The largest absolute Gasteiger partial charge is 0.496 e. The highest BCUT2D eigenvalue weighted by Crippen LogP contribution is 2.30. The van der Waals surface area contributed by atoms with E-state index in [1.54, 1.807) is 11.8 Å². The van der Waals surface area contributed by atoms with E-state index in [0.29, 0.717) is 23.3 Å². The molecule has 4 aromatic rings. The number of hydrogen-bond acceptors (Lipinski definition) is 6. The van der Waals surface area contributed by atoms with Crippen molar-refractivity contribution in [1.82, 2.24) is 24.5 Å². The first-order chi connectivity index (χ1) is 16.0. The predicted octanol–water partition coefficient (Wildman–Crippen LogP) is 4.51. The van der Waals surface area contributed by atoms with Crippen molar-refractivity contribution in [2.24, 2.45) is 0 Å². The number of rotatable bonds is 8. The van der Waals surface area contributed by atoms with Crippen molar-refractivity contribution < 1.29 is 9.53 Å². The van der Waals surface area contributed by atoms with Gasteiger partial charge in [-0.2, -0.15) is 5.10 Å². The summed E-state index contributed by atoms with van der Waals surface area (Å²) in [6, 6.07) is 17.6. The zero-order valence-corrected chi connectivity index (χ0v) is 19.9. The van der Waals surface area contributed by atoms with Gasteiger partial charge in [0, 0.05) is 12.6 Å². The van der Waals surface area contributed by atoms with Crippen LogP contribution in [0.15, 0.2) is 59.8 Å². The van der Waals surface area contributed by atoms with Gasteiger partial charge in [0.15, 0.2) is 11.0 Å². The second kappa shape index (κ2) is 9.91. The molecule has 2 heterocycles. The van der Waals surface area contributed by atoms with Crippen LogP contribution in [0.3, 0.4) is 0 Å². The fourth-order valence-electron chi connectivity index (χ4n) is 3.49. The van der Waals surface area contributed by atoms with Gasteiger partial charge in [-0.05, 0) is 45.0 Å². The van der Waals surface area contributed by atoms with Crippen LogP contribution in [0.5, 0.6) is 5.75 Å². The van der Waals surface area contributed by atoms with E-state index in [0.717, 1.165) is 28.3 Å². The number of nitrogens with one attached hydrogen (secondary N) is 1. The molecule has 0 aliphatic rings. The van der Waals surface area contributed by atoms with Crippen LogP contribution in [0.2, 0.25) is 0 Å². The molecule has 0 aliphatic carbocycles. The first kappa shape index (κ1) is 22.6. The minimum absolute atomic E-state index is 0.141. The lowest BCUT2D eigenvalue weighted by atomic mass is 10.2. The van der Waals surface area contributed by atoms with Crippen molar-refractivity contribution in [3.63, 3.8) is 0 Å². The molecule has 2 aromatic carbocycles. The fraction of sp³-hybridized carbons (Fsp3) is 0.250. The second-order valence-electron chi connectivity index (χ2n) is 7.51. The Hall–Kier alpha value is -3.59. The SMILES string of the molecule is CCn1c(SCC(=O)Nc2cc(C)nn2-c2ccc(C)cc2)nnc1-c1ccccc1OC. The van der Waals surface area contributed by atoms with Gasteiger partial charge in [0.2, 0.25) is 5.91 Å². The van der Waals surface area contributed by atoms with E-state index >= 15 is 0 Å². The molecule has 0 atom stereocenters. The number of carbonyl (C=O) groups is 1. The third-order valence-electron chi connectivity index (χ3n) is 5.09. The highest BCUT2D eigenvalue weighted by atomic mass is 32.2. The summed E-state index contributed by atoms with van der Waals surface area (Å²) in [4.78, 5) is 12.8. The highest BCUT2D eigenvalue weighted by Gasteiger charge is 2.18. The van der Waals surface area contributed by atoms with Crippen molar-refractivity contribution >= 4 is 23.5 Å². The monoisotopic (exact) mass is 462 g/mol. The Morgan fingerprint density at radius 1 is 1.09 bits per heavy atom. The van der Waals surface area contributed by atoms with Crippen molar-refractivity contribution in [2.75, 3.05) is 18.2 Å². The predicted molar refractivity (Wildman–Crippen MR) is 130 cm³/mol. The lowest BCUT2D eigenvalue weighted by Crippen LogP contribution is -2.17. The minimum atomic E-state index is -0.141. The van der Waals surface area contributed by atoms with Crippen LogP contribution in [-0.4, -0.2) is 43.3 Å². The summed E-state index contributed by atoms with van der Waals surface area (Å²) in [6.07, 6.45) is 0. The summed E-state index contributed by atoms with van der Waals surface area (Å²) in [5.41, 5.74) is 3.75. The molecule has 4 rings (SSSR count). The molecule has 0 saturated carbocycles. The lowest BCUT2D eigenvalue weighted by Gasteiger charge is -2.11. The van der Waals surface area contributed by atoms with Crippen LogP contribution < -0.4 is 10.1 Å². The molecule has 0 spiro atoms. The Labute approximate surface area is 197 Å². The van der Waals surface area contributed by atoms with Crippen LogP contribution in [0.25, 0.3) is 17.1 Å². The number of anilines is 1. The number of carbonyl (C=O) groups excluding carboxylic acids is 1. The average Bonchev–Trinajstić information content (AvgIpc) is 3.40. The molecule has 0 aliphatic heterocycles. The molecule has 0 saturated heterocycles. The van der Waals surface area contributed by atoms with Crippen molar-refractivity contribution in [2.45, 2.75) is 32.5 Å². The third-order valence-corrected chi connectivity index (χ3v) is 6.06. The zero-order chi connectivity index (χ0) is 23.4. The first-order valence-corrected chi connectivity index (χ1v) is 11.6. The standard InChI is InChI=1S/C24H26N6O2S/c1-5-29-23(19-8-6-7-9-20(19)32-4)26-27-24(29)33-15-22(31)25-21-14-17(3)28-30(21)18-12-10-16(2)11-13-18/h6-14H,5,15H2,1-4H3,(H,25,31). The summed E-state index contributed by atoms with van der Waals surface area (Å²) in [6.45, 7) is 6.63. The van der Waals surface area contributed by atoms with Gasteiger partial charge in [0.05, 0.1) is 29.8 Å². The number of para-hydroxylation sites is 1. The van der Waals surface area contributed by atoms with Gasteiger partial charge in [-0.1, -0.05) is 41.6 Å². The molecular weight excluding hydrogens is 436 g/mol. The minimum Gasteiger partial charge on any atom is -0.496 e. The zero-order valence-electron chi connectivity index (χ0n) is 19.1. The summed E-state index contributed by atoms with van der Waals surface area (Å²) >= 11 is 1.35. The Kier molecular flexibility index (Phi) is 6.79. The van der Waals surface area contributed by atoms with Crippen molar-refractivity contribution in [3.05, 3.63) is 65.9 Å². The molecule has 1 N–H and O–H groups in total. The van der Waals surface area contributed by atoms with Gasteiger partial charge in [-0.3, -0.25) is 4.79 Å². The number of methoxy groups -OCH3 is 1. The quantitative estimate of drug-likeness (QED) is 0.388. The van der Waals surface area contributed by atoms with Crippen LogP contribution >= 0.6 is 11.8 Å². The van der Waals surface area contributed by atoms with Gasteiger partial charge < -0.3 is 14.6 Å². The Morgan fingerprint density at radius 3 is 2.58 bits per heavy atom. The molecule has 33 heavy (non-hydrogen) atoms. The highest BCUT2D eigenvalue weighted by molar-refractivity contribution is 7.99. The molecule has 9 heteroatoms. The van der Waals surface area contributed by atoms with E-state index in [2.05, 4.69) is 20.6 Å². The first-order valence-electron chi connectivity index (χ1n) is 10.6. The molecule has 170 valence electrons. The number of hydrogen-bond donors (Lipinski definition) is 1. The molecule has 1 amide bonds. The number of aromatic nitrogens is 5. The Balaban J connectivity index is 1.48. The topological polar surface area (TPSA) is 86.9 Å². The Bertz CT molecular complexity index is 1260. The second-order valence-corrected chi connectivity index (χ2v) is 8.45. The summed E-state index contributed by atoms with van der Waals surface area (Å²) < 4.78 is 9.19. The van der Waals surface area contributed by atoms with Gasteiger partial charge >= 0.3 is 0 Å². The number of ether oxygens (including phenoxy) is 1. The maximum absolute atomic E-state index is 12.8. The van der Waals surface area contributed by atoms with E-state index in [-0.39, 0.29) is 11.7 Å². The lowest BCUT2D eigenvalue weighted by molar-refractivity contribution is -0.113. The van der Waals surface area contributed by atoms with Crippen LogP contribution in [0.1, 0.15) is 18.2 Å². The third kappa shape index (κ3) is 4.93. The molecule has 0 unspecified atom stereocenters. The average molecular weight is 463 g/mol. The molecule has 0 radical (unpaired) electrons. The van der Waals surface area contributed by atoms with E-state index in [4.69, 9.17) is 4.74 Å². The smallest absolute Gasteiger partial charge is 0.236 e. The molecule has 0 bridgehead atoms. The van der Waals surface area contributed by atoms with Crippen LogP contribution in [0.4, 0.5) is 5.82 Å². The van der Waals surface area contributed by atoms with Gasteiger partial charge in [-0.25, -0.2) is 4.68 Å². The molecule has 8 nitrogen and oxygen atoms in total. The Morgan fingerprint density at radius 2 is 1.85 bits per heavy atom. The number of benzene rings is 2. The van der Waals surface area contributed by atoms with Crippen molar-refractivity contribution in [3.8, 4) is 22.8 Å². The van der Waals surface area contributed by atoms with Crippen molar-refractivity contribution in [1.29, 1.82) is 0 Å². The van der Waals surface area contributed by atoms with E-state index in [1.165, 1.54) is 11.8 Å². The van der Waals surface area contributed by atoms with Gasteiger partial charge in [-0.15, -0.1) is 10.2 Å². The number of thioether (sulfide) groups is 1. The van der Waals surface area contributed by atoms with Crippen LogP contribution in [0, 0.1) is 13.8 Å². The maximum Gasteiger partial charge on any atom is 0.236 e. The fourth-order valence-corrected chi connectivity index (χ4v) is 4.29. The van der Waals surface area contributed by atoms with E-state index < -0.39 is 0 Å². The number of nitrogens with zero attached hydrogens (tertiary/aromatic N) is 5. The van der Waals surface area contributed by atoms with Crippen LogP contribution in [-0.2, 0) is 11.3 Å². The molecular formula is C24H26N6O2S. The summed E-state index contributed by atoms with van der Waals surface area (Å²) in [7, 11) is 1.63. The van der Waals surface area contributed by atoms with Gasteiger partial charge in [0.25, 0.3) is 0 Å². The van der Waals surface area contributed by atoms with Gasteiger partial charge in [0.1, 0.15) is 11.6 Å². The molecule has 0 fully saturated rings.